The fourth-order valence-corrected chi connectivity index (χ4v) is 2.55. The fraction of sp³-hybridized carbons (Fsp3) is 0. The first-order valence-electron chi connectivity index (χ1n) is 6.72. The predicted octanol–water partition coefficient (Wildman–Crippen LogP) is 3.69. The van der Waals surface area contributed by atoms with Gasteiger partial charge >= 0.3 is 0 Å². The van der Waals surface area contributed by atoms with Crippen LogP contribution in [0.25, 0.3) is 33.4 Å². The minimum Gasteiger partial charge on any atom is -0.353 e. The first kappa shape index (κ1) is 11.8. The lowest BCUT2D eigenvalue weighted by Crippen LogP contribution is -1.84. The Morgan fingerprint density at radius 1 is 0.762 bits per heavy atom. The molecule has 4 rings (SSSR count). The zero-order valence-electron chi connectivity index (χ0n) is 11.2. The maximum atomic E-state index is 4.31. The summed E-state index contributed by atoms with van der Waals surface area (Å²) < 4.78 is 0. The molecule has 0 spiro atoms. The molecule has 100 valence electrons. The van der Waals surface area contributed by atoms with Crippen molar-refractivity contribution in [3.63, 3.8) is 0 Å². The Balaban J connectivity index is 2.07. The van der Waals surface area contributed by atoms with Gasteiger partial charge in [-0.15, -0.1) is 5.10 Å². The third-order valence-corrected chi connectivity index (χ3v) is 3.50. The lowest BCUT2D eigenvalue weighted by atomic mass is 10.0. The lowest BCUT2D eigenvalue weighted by Gasteiger charge is -2.04. The molecule has 0 aliphatic carbocycles. The van der Waals surface area contributed by atoms with Gasteiger partial charge in [0.1, 0.15) is 5.52 Å². The van der Waals surface area contributed by atoms with Gasteiger partial charge in [0.15, 0.2) is 0 Å². The molecule has 21 heavy (non-hydrogen) atoms. The second kappa shape index (κ2) is 4.83. The van der Waals surface area contributed by atoms with E-state index in [1.165, 1.54) is 0 Å². The van der Waals surface area contributed by atoms with Crippen LogP contribution >= 0.6 is 0 Å². The molecule has 0 amide bonds. The van der Waals surface area contributed by atoms with E-state index in [9.17, 15) is 0 Å². The molecule has 4 nitrogen and oxygen atoms in total. The zero-order valence-corrected chi connectivity index (χ0v) is 11.2. The van der Waals surface area contributed by atoms with Gasteiger partial charge in [-0.1, -0.05) is 30.3 Å². The molecular formula is C17H12N4. The molecule has 0 bridgehead atoms. The summed E-state index contributed by atoms with van der Waals surface area (Å²) in [5.74, 6) is 0. The van der Waals surface area contributed by atoms with Crippen molar-refractivity contribution in [2.24, 2.45) is 0 Å². The smallest absolute Gasteiger partial charge is 0.119 e. The zero-order chi connectivity index (χ0) is 14.1. The van der Waals surface area contributed by atoms with Gasteiger partial charge in [0.25, 0.3) is 0 Å². The van der Waals surface area contributed by atoms with Gasteiger partial charge in [-0.25, -0.2) is 0 Å². The van der Waals surface area contributed by atoms with Crippen LogP contribution in [0.3, 0.4) is 0 Å². The molecule has 1 N–H and O–H groups in total. The Morgan fingerprint density at radius 2 is 1.57 bits per heavy atom. The minimum atomic E-state index is 0.885. The second-order valence-electron chi connectivity index (χ2n) is 4.77. The van der Waals surface area contributed by atoms with Crippen LogP contribution in [0.5, 0.6) is 0 Å². The number of nitrogens with zero attached hydrogens (tertiary/aromatic N) is 3. The van der Waals surface area contributed by atoms with Gasteiger partial charge in [-0.3, -0.25) is 4.98 Å². The predicted molar refractivity (Wildman–Crippen MR) is 82.6 cm³/mol. The van der Waals surface area contributed by atoms with E-state index in [-0.39, 0.29) is 0 Å². The number of aromatic nitrogens is 4. The SMILES string of the molecule is c1ccc(-c2c(-c3ccncc3)[nH]c3ccnnc23)cc1. The number of pyridine rings is 1. The summed E-state index contributed by atoms with van der Waals surface area (Å²) in [5.41, 5.74) is 6.19. The molecule has 4 heteroatoms. The van der Waals surface area contributed by atoms with Gasteiger partial charge in [-0.05, 0) is 23.8 Å². The van der Waals surface area contributed by atoms with Crippen LogP contribution in [-0.4, -0.2) is 20.2 Å². The van der Waals surface area contributed by atoms with E-state index in [2.05, 4.69) is 32.3 Å². The normalized spacial score (nSPS) is 10.9. The minimum absolute atomic E-state index is 0.885. The molecule has 3 aromatic heterocycles. The highest BCUT2D eigenvalue weighted by molar-refractivity contribution is 6.01. The lowest BCUT2D eigenvalue weighted by molar-refractivity contribution is 1.08. The molecule has 0 saturated heterocycles. The summed E-state index contributed by atoms with van der Waals surface area (Å²) in [6.07, 6.45) is 5.28. The highest BCUT2D eigenvalue weighted by atomic mass is 15.1. The van der Waals surface area contributed by atoms with E-state index in [4.69, 9.17) is 0 Å². The number of fused-ring (bicyclic) bond motifs is 1. The maximum Gasteiger partial charge on any atom is 0.119 e. The van der Waals surface area contributed by atoms with E-state index >= 15 is 0 Å². The summed E-state index contributed by atoms with van der Waals surface area (Å²) in [4.78, 5) is 7.53. The van der Waals surface area contributed by atoms with E-state index in [1.807, 2.05) is 36.4 Å². The number of hydrogen-bond acceptors (Lipinski definition) is 3. The van der Waals surface area contributed by atoms with Gasteiger partial charge in [0, 0.05) is 23.5 Å². The Labute approximate surface area is 121 Å². The number of benzene rings is 1. The van der Waals surface area contributed by atoms with Crippen molar-refractivity contribution in [1.82, 2.24) is 20.2 Å². The summed E-state index contributed by atoms with van der Waals surface area (Å²) in [5, 5.41) is 8.33. The molecule has 0 aliphatic rings. The van der Waals surface area contributed by atoms with E-state index in [1.54, 1.807) is 18.6 Å². The molecule has 0 saturated carbocycles. The molecule has 1 aromatic carbocycles. The molecular weight excluding hydrogens is 260 g/mol. The van der Waals surface area contributed by atoms with Crippen molar-refractivity contribution >= 4 is 11.0 Å². The van der Waals surface area contributed by atoms with Gasteiger partial charge in [-0.2, -0.15) is 5.10 Å². The second-order valence-corrected chi connectivity index (χ2v) is 4.77. The number of hydrogen-bond donors (Lipinski definition) is 1. The first-order valence-corrected chi connectivity index (χ1v) is 6.72. The van der Waals surface area contributed by atoms with Crippen molar-refractivity contribution in [1.29, 1.82) is 0 Å². The molecule has 0 radical (unpaired) electrons. The van der Waals surface area contributed by atoms with Crippen molar-refractivity contribution < 1.29 is 0 Å². The Bertz CT molecular complexity index is 882. The Hall–Kier alpha value is -3.01. The summed E-state index contributed by atoms with van der Waals surface area (Å²) in [7, 11) is 0. The highest BCUT2D eigenvalue weighted by Gasteiger charge is 2.15. The molecule has 3 heterocycles. The topological polar surface area (TPSA) is 54.5 Å². The third kappa shape index (κ3) is 1.97. The van der Waals surface area contributed by atoms with Gasteiger partial charge in [0.2, 0.25) is 0 Å². The number of rotatable bonds is 2. The number of H-pyrrole nitrogens is 1. The van der Waals surface area contributed by atoms with Crippen LogP contribution in [0, 0.1) is 0 Å². The molecule has 0 fully saturated rings. The quantitative estimate of drug-likeness (QED) is 0.605. The Kier molecular flexibility index (Phi) is 2.71. The number of nitrogens with one attached hydrogen (secondary N) is 1. The van der Waals surface area contributed by atoms with Gasteiger partial charge < -0.3 is 4.98 Å². The average Bonchev–Trinajstić information content (AvgIpc) is 2.96. The van der Waals surface area contributed by atoms with Crippen LogP contribution in [0.2, 0.25) is 0 Å². The fourth-order valence-electron chi connectivity index (χ4n) is 2.55. The van der Waals surface area contributed by atoms with Crippen molar-refractivity contribution in [2.75, 3.05) is 0 Å². The molecule has 4 aromatic rings. The summed E-state index contributed by atoms with van der Waals surface area (Å²) in [6.45, 7) is 0. The van der Waals surface area contributed by atoms with Crippen LogP contribution in [0.1, 0.15) is 0 Å². The average molecular weight is 272 g/mol. The van der Waals surface area contributed by atoms with Gasteiger partial charge in [0.05, 0.1) is 17.4 Å². The monoisotopic (exact) mass is 272 g/mol. The van der Waals surface area contributed by atoms with E-state index < -0.39 is 0 Å². The van der Waals surface area contributed by atoms with Crippen molar-refractivity contribution in [2.45, 2.75) is 0 Å². The third-order valence-electron chi connectivity index (χ3n) is 3.50. The molecule has 0 unspecified atom stereocenters. The maximum absolute atomic E-state index is 4.31. The first-order chi connectivity index (χ1) is 10.4. The molecule has 0 aliphatic heterocycles. The summed E-state index contributed by atoms with van der Waals surface area (Å²) in [6, 6.07) is 16.2. The van der Waals surface area contributed by atoms with Crippen LogP contribution in [0.4, 0.5) is 0 Å². The highest BCUT2D eigenvalue weighted by Crippen LogP contribution is 2.36. The number of aromatic amines is 1. The Morgan fingerprint density at radius 3 is 2.38 bits per heavy atom. The van der Waals surface area contributed by atoms with Crippen molar-refractivity contribution in [3.05, 3.63) is 67.1 Å². The largest absolute Gasteiger partial charge is 0.353 e. The van der Waals surface area contributed by atoms with Crippen LogP contribution < -0.4 is 0 Å². The van der Waals surface area contributed by atoms with Crippen LogP contribution in [0.15, 0.2) is 67.1 Å². The standard InChI is InChI=1S/C17H12N4/c1-2-4-12(5-3-1)15-16(13-6-9-18-10-7-13)20-14-8-11-19-21-17(14)15/h1-11,20H. The van der Waals surface area contributed by atoms with E-state index in [0.29, 0.717) is 0 Å². The molecule has 0 atom stereocenters. The van der Waals surface area contributed by atoms with E-state index in [0.717, 1.165) is 33.4 Å². The van der Waals surface area contributed by atoms with Crippen LogP contribution in [-0.2, 0) is 0 Å². The van der Waals surface area contributed by atoms with Crippen molar-refractivity contribution in [3.8, 4) is 22.4 Å². The summed E-state index contributed by atoms with van der Waals surface area (Å²) >= 11 is 0.